The Kier molecular flexibility index (Phi) is 2.49. The zero-order chi connectivity index (χ0) is 9.97. The summed E-state index contributed by atoms with van der Waals surface area (Å²) in [5.41, 5.74) is 0.777. The first-order valence-corrected chi connectivity index (χ1v) is 4.71. The Morgan fingerprint density at radius 2 is 2.29 bits per heavy atom. The highest BCUT2D eigenvalue weighted by Gasteiger charge is 2.12. The molecule has 0 aliphatic rings. The normalized spacial score (nSPS) is 10.1. The predicted molar refractivity (Wildman–Crippen MR) is 54.0 cm³/mol. The van der Waals surface area contributed by atoms with Gasteiger partial charge in [-0.25, -0.2) is 0 Å². The third-order valence-corrected chi connectivity index (χ3v) is 2.39. The number of rotatable bonds is 2. The molecule has 72 valence electrons. The molecule has 0 aliphatic heterocycles. The standard InChI is InChI=1S/C9H7BrN2O2/c1-13-8-6(3-2-4-7(8)10)9-12-11-5-14-9/h2-5H,1H3. The third kappa shape index (κ3) is 1.50. The maximum Gasteiger partial charge on any atom is 0.251 e. The van der Waals surface area contributed by atoms with Crippen molar-refractivity contribution in [2.24, 2.45) is 0 Å². The lowest BCUT2D eigenvalue weighted by atomic mass is 10.2. The zero-order valence-electron chi connectivity index (χ0n) is 7.40. The van der Waals surface area contributed by atoms with Gasteiger partial charge in [0.25, 0.3) is 5.89 Å². The van der Waals surface area contributed by atoms with E-state index in [0.717, 1.165) is 10.0 Å². The summed E-state index contributed by atoms with van der Waals surface area (Å²) >= 11 is 3.38. The van der Waals surface area contributed by atoms with E-state index in [2.05, 4.69) is 26.1 Å². The van der Waals surface area contributed by atoms with Crippen molar-refractivity contribution in [3.63, 3.8) is 0 Å². The van der Waals surface area contributed by atoms with Crippen LogP contribution >= 0.6 is 15.9 Å². The van der Waals surface area contributed by atoms with Gasteiger partial charge in [-0.05, 0) is 28.1 Å². The van der Waals surface area contributed by atoms with Crippen LogP contribution in [0.1, 0.15) is 0 Å². The average molecular weight is 255 g/mol. The van der Waals surface area contributed by atoms with Crippen molar-refractivity contribution < 1.29 is 9.15 Å². The number of halogens is 1. The first-order chi connectivity index (χ1) is 6.83. The molecular weight excluding hydrogens is 248 g/mol. The van der Waals surface area contributed by atoms with Crippen molar-refractivity contribution in [2.45, 2.75) is 0 Å². The molecule has 14 heavy (non-hydrogen) atoms. The molecule has 4 nitrogen and oxygen atoms in total. The van der Waals surface area contributed by atoms with E-state index in [0.29, 0.717) is 11.6 Å². The number of aromatic nitrogens is 2. The SMILES string of the molecule is COc1c(Br)cccc1-c1nnco1. The van der Waals surface area contributed by atoms with Crippen molar-refractivity contribution in [2.75, 3.05) is 7.11 Å². The van der Waals surface area contributed by atoms with Crippen LogP contribution < -0.4 is 4.74 Å². The second-order valence-electron chi connectivity index (χ2n) is 2.56. The summed E-state index contributed by atoms with van der Waals surface area (Å²) in [5, 5.41) is 7.43. The van der Waals surface area contributed by atoms with Gasteiger partial charge in [0.05, 0.1) is 17.1 Å². The molecule has 0 amide bonds. The quantitative estimate of drug-likeness (QED) is 0.827. The van der Waals surface area contributed by atoms with Gasteiger partial charge in [0, 0.05) is 0 Å². The maximum absolute atomic E-state index is 5.23. The van der Waals surface area contributed by atoms with E-state index >= 15 is 0 Å². The van der Waals surface area contributed by atoms with Crippen LogP contribution in [-0.4, -0.2) is 17.3 Å². The number of benzene rings is 1. The van der Waals surface area contributed by atoms with Crippen LogP contribution in [0.4, 0.5) is 0 Å². The Labute approximate surface area is 89.0 Å². The predicted octanol–water partition coefficient (Wildman–Crippen LogP) is 2.51. The Morgan fingerprint density at radius 1 is 1.43 bits per heavy atom. The number of hydrogen-bond donors (Lipinski definition) is 0. The Balaban J connectivity index is 2.58. The molecule has 0 unspecified atom stereocenters. The van der Waals surface area contributed by atoms with Crippen molar-refractivity contribution in [1.29, 1.82) is 0 Å². The molecule has 0 N–H and O–H groups in total. The Morgan fingerprint density at radius 3 is 2.93 bits per heavy atom. The topological polar surface area (TPSA) is 48.2 Å². The minimum atomic E-state index is 0.447. The summed E-state index contributed by atoms with van der Waals surface area (Å²) in [6.45, 7) is 0. The number of ether oxygens (including phenoxy) is 1. The van der Waals surface area contributed by atoms with E-state index < -0.39 is 0 Å². The second kappa shape index (κ2) is 3.79. The van der Waals surface area contributed by atoms with Crippen molar-refractivity contribution >= 4 is 15.9 Å². The molecule has 2 aromatic rings. The molecule has 5 heteroatoms. The van der Waals surface area contributed by atoms with E-state index in [1.54, 1.807) is 7.11 Å². The highest BCUT2D eigenvalue weighted by atomic mass is 79.9. The average Bonchev–Trinajstić information content (AvgIpc) is 2.70. The van der Waals surface area contributed by atoms with Gasteiger partial charge in [0.15, 0.2) is 0 Å². The van der Waals surface area contributed by atoms with Crippen molar-refractivity contribution in [3.05, 3.63) is 29.1 Å². The summed E-state index contributed by atoms with van der Waals surface area (Å²) in [7, 11) is 1.60. The van der Waals surface area contributed by atoms with Gasteiger partial charge in [0.2, 0.25) is 6.39 Å². The van der Waals surface area contributed by atoms with Crippen LogP contribution in [0.15, 0.2) is 33.5 Å². The minimum absolute atomic E-state index is 0.447. The van der Waals surface area contributed by atoms with Crippen LogP contribution in [0.25, 0.3) is 11.5 Å². The van der Waals surface area contributed by atoms with Gasteiger partial charge < -0.3 is 9.15 Å². The Bertz CT molecular complexity index is 428. The number of nitrogens with zero attached hydrogens (tertiary/aromatic N) is 2. The molecule has 0 radical (unpaired) electrons. The van der Waals surface area contributed by atoms with Crippen LogP contribution in [0.2, 0.25) is 0 Å². The molecule has 0 saturated carbocycles. The third-order valence-electron chi connectivity index (χ3n) is 1.76. The largest absolute Gasteiger partial charge is 0.495 e. The second-order valence-corrected chi connectivity index (χ2v) is 3.42. The smallest absolute Gasteiger partial charge is 0.251 e. The van der Waals surface area contributed by atoms with Gasteiger partial charge in [-0.2, -0.15) is 0 Å². The molecule has 0 spiro atoms. The van der Waals surface area contributed by atoms with E-state index in [1.165, 1.54) is 6.39 Å². The molecule has 1 aromatic heterocycles. The van der Waals surface area contributed by atoms with E-state index in [4.69, 9.17) is 9.15 Å². The molecule has 0 saturated heterocycles. The summed E-state index contributed by atoms with van der Waals surface area (Å²) in [5.74, 6) is 1.14. The summed E-state index contributed by atoms with van der Waals surface area (Å²) in [6, 6.07) is 5.63. The first kappa shape index (κ1) is 9.21. The lowest BCUT2D eigenvalue weighted by Gasteiger charge is -2.06. The summed E-state index contributed by atoms with van der Waals surface area (Å²) in [6.07, 6.45) is 1.29. The number of methoxy groups -OCH3 is 1. The van der Waals surface area contributed by atoms with Crippen LogP contribution in [0.5, 0.6) is 5.75 Å². The monoisotopic (exact) mass is 254 g/mol. The van der Waals surface area contributed by atoms with Crippen LogP contribution in [-0.2, 0) is 0 Å². The van der Waals surface area contributed by atoms with E-state index in [1.807, 2.05) is 18.2 Å². The first-order valence-electron chi connectivity index (χ1n) is 3.92. The van der Waals surface area contributed by atoms with Crippen molar-refractivity contribution in [1.82, 2.24) is 10.2 Å². The molecular formula is C9H7BrN2O2. The van der Waals surface area contributed by atoms with Crippen LogP contribution in [0.3, 0.4) is 0 Å². The minimum Gasteiger partial charge on any atom is -0.495 e. The summed E-state index contributed by atoms with van der Waals surface area (Å²) < 4.78 is 11.2. The molecule has 0 atom stereocenters. The zero-order valence-corrected chi connectivity index (χ0v) is 8.98. The van der Waals surface area contributed by atoms with Gasteiger partial charge >= 0.3 is 0 Å². The lowest BCUT2D eigenvalue weighted by Crippen LogP contribution is -1.89. The molecule has 0 fully saturated rings. The van der Waals surface area contributed by atoms with Crippen molar-refractivity contribution in [3.8, 4) is 17.2 Å². The highest BCUT2D eigenvalue weighted by Crippen LogP contribution is 2.34. The van der Waals surface area contributed by atoms with Gasteiger partial charge in [-0.3, -0.25) is 0 Å². The van der Waals surface area contributed by atoms with Gasteiger partial charge in [0.1, 0.15) is 5.75 Å². The van der Waals surface area contributed by atoms with Gasteiger partial charge in [-0.1, -0.05) is 6.07 Å². The van der Waals surface area contributed by atoms with Crippen LogP contribution in [0, 0.1) is 0 Å². The maximum atomic E-state index is 5.23. The number of hydrogen-bond acceptors (Lipinski definition) is 4. The van der Waals surface area contributed by atoms with E-state index in [9.17, 15) is 0 Å². The molecule has 0 aliphatic carbocycles. The molecule has 1 aromatic carbocycles. The summed E-state index contributed by atoms with van der Waals surface area (Å²) in [4.78, 5) is 0. The molecule has 0 bridgehead atoms. The van der Waals surface area contributed by atoms with Gasteiger partial charge in [-0.15, -0.1) is 10.2 Å². The molecule has 2 rings (SSSR count). The number of para-hydroxylation sites is 1. The fraction of sp³-hybridized carbons (Fsp3) is 0.111. The fourth-order valence-corrected chi connectivity index (χ4v) is 1.70. The Hall–Kier alpha value is -1.36. The highest BCUT2D eigenvalue weighted by molar-refractivity contribution is 9.10. The molecule has 1 heterocycles. The lowest BCUT2D eigenvalue weighted by molar-refractivity contribution is 0.411. The fourth-order valence-electron chi connectivity index (χ4n) is 1.18. The van der Waals surface area contributed by atoms with E-state index in [-0.39, 0.29) is 0 Å².